The fraction of sp³-hybridized carbons (Fsp3) is 0.562. The summed E-state index contributed by atoms with van der Waals surface area (Å²) in [5.41, 5.74) is 0.336. The molecule has 0 spiro atoms. The van der Waals surface area contributed by atoms with E-state index in [1.807, 2.05) is 0 Å². The van der Waals surface area contributed by atoms with E-state index < -0.39 is 18.0 Å². The van der Waals surface area contributed by atoms with Gasteiger partial charge in [-0.25, -0.2) is 0 Å². The molecule has 0 bridgehead atoms. The van der Waals surface area contributed by atoms with E-state index in [2.05, 4.69) is 5.32 Å². The van der Waals surface area contributed by atoms with Crippen molar-refractivity contribution >= 4 is 23.2 Å². The van der Waals surface area contributed by atoms with E-state index >= 15 is 0 Å². The molecular formula is C16H20ClF3N2O3. The predicted molar refractivity (Wildman–Crippen MR) is 88.4 cm³/mol. The lowest BCUT2D eigenvalue weighted by Crippen LogP contribution is -2.44. The van der Waals surface area contributed by atoms with Gasteiger partial charge in [-0.05, 0) is 25.5 Å². The zero-order valence-corrected chi connectivity index (χ0v) is 14.7. The molecule has 140 valence electrons. The largest absolute Gasteiger partial charge is 0.495 e. The van der Waals surface area contributed by atoms with Gasteiger partial charge in [-0.1, -0.05) is 11.6 Å². The van der Waals surface area contributed by atoms with Crippen LogP contribution in [0.3, 0.4) is 0 Å². The van der Waals surface area contributed by atoms with Crippen molar-refractivity contribution in [1.82, 2.24) is 4.90 Å². The molecule has 0 aromatic heterocycles. The van der Waals surface area contributed by atoms with E-state index in [9.17, 15) is 18.0 Å². The standard InChI is InChI=1S/C16H20ClF3N2O3/c1-24-13-7-14(25-2)12(6-11(13)17)21-15(23)9-22-5-3-4-10(8-22)16(18,19)20/h6-7,10H,3-5,8-9H2,1-2H3,(H,21,23). The van der Waals surface area contributed by atoms with E-state index in [0.717, 1.165) is 0 Å². The highest BCUT2D eigenvalue weighted by molar-refractivity contribution is 6.32. The van der Waals surface area contributed by atoms with Crippen molar-refractivity contribution in [3.63, 3.8) is 0 Å². The van der Waals surface area contributed by atoms with E-state index in [-0.39, 0.29) is 24.5 Å². The molecule has 1 amide bonds. The van der Waals surface area contributed by atoms with E-state index in [1.54, 1.807) is 0 Å². The number of amides is 1. The van der Waals surface area contributed by atoms with Crippen LogP contribution in [0.2, 0.25) is 5.02 Å². The normalized spacial score (nSPS) is 18.7. The zero-order valence-electron chi connectivity index (χ0n) is 14.0. The molecule has 5 nitrogen and oxygen atoms in total. The Morgan fingerprint density at radius 3 is 2.60 bits per heavy atom. The molecule has 1 heterocycles. The number of carbonyl (C=O) groups is 1. The van der Waals surface area contributed by atoms with Crippen LogP contribution < -0.4 is 14.8 Å². The SMILES string of the molecule is COc1cc(OC)c(NC(=O)CN2CCCC(C(F)(F)F)C2)cc1Cl. The van der Waals surface area contributed by atoms with Crippen molar-refractivity contribution in [2.24, 2.45) is 5.92 Å². The van der Waals surface area contributed by atoms with E-state index in [1.165, 1.54) is 31.3 Å². The van der Waals surface area contributed by atoms with Gasteiger partial charge in [0.05, 0.1) is 37.4 Å². The number of nitrogens with one attached hydrogen (secondary N) is 1. The van der Waals surface area contributed by atoms with E-state index in [0.29, 0.717) is 30.2 Å². The molecule has 1 aromatic carbocycles. The summed E-state index contributed by atoms with van der Waals surface area (Å²) in [5.74, 6) is -1.08. The molecule has 0 saturated carbocycles. The Morgan fingerprint density at radius 2 is 2.00 bits per heavy atom. The maximum Gasteiger partial charge on any atom is 0.393 e. The number of rotatable bonds is 5. The van der Waals surface area contributed by atoms with Crippen LogP contribution in [0.4, 0.5) is 18.9 Å². The minimum Gasteiger partial charge on any atom is -0.495 e. The third-order valence-electron chi connectivity index (χ3n) is 4.08. The van der Waals surface area contributed by atoms with Crippen molar-refractivity contribution in [2.45, 2.75) is 19.0 Å². The monoisotopic (exact) mass is 380 g/mol. The molecule has 1 saturated heterocycles. The smallest absolute Gasteiger partial charge is 0.393 e. The van der Waals surface area contributed by atoms with Gasteiger partial charge in [0.25, 0.3) is 0 Å². The molecule has 25 heavy (non-hydrogen) atoms. The number of anilines is 1. The van der Waals surface area contributed by atoms with Crippen molar-refractivity contribution in [2.75, 3.05) is 39.2 Å². The van der Waals surface area contributed by atoms with Crippen LogP contribution in [-0.4, -0.2) is 50.8 Å². The van der Waals surface area contributed by atoms with Gasteiger partial charge in [0, 0.05) is 12.6 Å². The highest BCUT2D eigenvalue weighted by atomic mass is 35.5. The number of nitrogens with zero attached hydrogens (tertiary/aromatic N) is 1. The minimum atomic E-state index is -4.23. The fourth-order valence-electron chi connectivity index (χ4n) is 2.82. The molecule has 9 heteroatoms. The average molecular weight is 381 g/mol. The van der Waals surface area contributed by atoms with Crippen molar-refractivity contribution < 1.29 is 27.4 Å². The third-order valence-corrected chi connectivity index (χ3v) is 4.38. The number of ether oxygens (including phenoxy) is 2. The van der Waals surface area contributed by atoms with Crippen molar-refractivity contribution in [1.29, 1.82) is 0 Å². The first-order valence-corrected chi connectivity index (χ1v) is 8.12. The Morgan fingerprint density at radius 1 is 1.32 bits per heavy atom. The second kappa shape index (κ2) is 8.14. The van der Waals surface area contributed by atoms with Crippen LogP contribution >= 0.6 is 11.6 Å². The Kier molecular flexibility index (Phi) is 6.40. The molecule has 2 rings (SSSR count). The molecule has 1 atom stereocenters. The van der Waals surface area contributed by atoms with E-state index in [4.69, 9.17) is 21.1 Å². The van der Waals surface area contributed by atoms with Crippen molar-refractivity contribution in [3.05, 3.63) is 17.2 Å². The summed E-state index contributed by atoms with van der Waals surface area (Å²) in [6.45, 7) is 0.164. The van der Waals surface area contributed by atoms with Crippen molar-refractivity contribution in [3.8, 4) is 11.5 Å². The van der Waals surface area contributed by atoms with Gasteiger partial charge in [-0.3, -0.25) is 9.69 Å². The summed E-state index contributed by atoms with van der Waals surface area (Å²) in [6, 6.07) is 3.00. The Labute approximate surface area is 149 Å². The predicted octanol–water partition coefficient (Wildman–Crippen LogP) is 3.57. The molecule has 1 N–H and O–H groups in total. The first kappa shape index (κ1) is 19.7. The highest BCUT2D eigenvalue weighted by Gasteiger charge is 2.41. The molecule has 1 unspecified atom stereocenters. The van der Waals surface area contributed by atoms with Gasteiger partial charge in [0.15, 0.2) is 0 Å². The Bertz CT molecular complexity index is 625. The molecule has 0 radical (unpaired) electrons. The number of hydrogen-bond acceptors (Lipinski definition) is 4. The van der Waals surface area contributed by atoms with Crippen LogP contribution in [0.1, 0.15) is 12.8 Å². The highest BCUT2D eigenvalue weighted by Crippen LogP contribution is 2.36. The number of methoxy groups -OCH3 is 2. The van der Waals surface area contributed by atoms with Crippen LogP contribution in [0.15, 0.2) is 12.1 Å². The minimum absolute atomic E-state index is 0.101. The fourth-order valence-corrected chi connectivity index (χ4v) is 3.06. The first-order chi connectivity index (χ1) is 11.7. The first-order valence-electron chi connectivity index (χ1n) is 7.75. The maximum atomic E-state index is 12.8. The second-order valence-corrected chi connectivity index (χ2v) is 6.26. The summed E-state index contributed by atoms with van der Waals surface area (Å²) < 4.78 is 48.8. The third kappa shape index (κ3) is 5.15. The summed E-state index contributed by atoms with van der Waals surface area (Å²) in [6.07, 6.45) is -3.72. The molecular weight excluding hydrogens is 361 g/mol. The zero-order chi connectivity index (χ0) is 18.6. The lowest BCUT2D eigenvalue weighted by molar-refractivity contribution is -0.186. The number of hydrogen-bond donors (Lipinski definition) is 1. The number of benzene rings is 1. The molecule has 1 aliphatic heterocycles. The maximum absolute atomic E-state index is 12.8. The summed E-state index contributed by atoms with van der Waals surface area (Å²) in [7, 11) is 2.88. The number of halogens is 4. The van der Waals surface area contributed by atoms with Gasteiger partial charge < -0.3 is 14.8 Å². The lowest BCUT2D eigenvalue weighted by Gasteiger charge is -2.33. The average Bonchev–Trinajstić information content (AvgIpc) is 2.54. The van der Waals surface area contributed by atoms with Gasteiger partial charge in [0.2, 0.25) is 5.91 Å². The van der Waals surface area contributed by atoms with Crippen LogP contribution in [0.5, 0.6) is 11.5 Å². The molecule has 1 fully saturated rings. The molecule has 1 aliphatic rings. The van der Waals surface area contributed by atoms with Gasteiger partial charge >= 0.3 is 6.18 Å². The Hall–Kier alpha value is -1.67. The van der Waals surface area contributed by atoms with Crippen LogP contribution in [-0.2, 0) is 4.79 Å². The number of alkyl halides is 3. The summed E-state index contributed by atoms with van der Waals surface area (Å²) in [4.78, 5) is 13.7. The lowest BCUT2D eigenvalue weighted by atomic mass is 9.97. The molecule has 0 aliphatic carbocycles. The second-order valence-electron chi connectivity index (χ2n) is 5.85. The van der Waals surface area contributed by atoms with Crippen LogP contribution in [0, 0.1) is 5.92 Å². The number of likely N-dealkylation sites (tertiary alicyclic amines) is 1. The quantitative estimate of drug-likeness (QED) is 0.848. The Balaban J connectivity index is 2.02. The molecule has 1 aromatic rings. The topological polar surface area (TPSA) is 50.8 Å². The van der Waals surface area contributed by atoms with Crippen LogP contribution in [0.25, 0.3) is 0 Å². The van der Waals surface area contributed by atoms with Gasteiger partial charge in [-0.15, -0.1) is 0 Å². The summed E-state index contributed by atoms with van der Waals surface area (Å²) >= 11 is 6.04. The number of piperidine rings is 1. The van der Waals surface area contributed by atoms with Gasteiger partial charge in [-0.2, -0.15) is 13.2 Å². The van der Waals surface area contributed by atoms with Gasteiger partial charge in [0.1, 0.15) is 11.5 Å². The summed E-state index contributed by atoms with van der Waals surface area (Å²) in [5, 5.41) is 2.91. The number of carbonyl (C=O) groups excluding carboxylic acids is 1.